The number of carbonyl (C=O) groups excluding carboxylic acids is 2. The van der Waals surface area contributed by atoms with E-state index in [1.807, 2.05) is 37.8 Å². The molecule has 0 saturated carbocycles. The van der Waals surface area contributed by atoms with E-state index in [4.69, 9.17) is 17.0 Å². The molecule has 0 aromatic heterocycles. The van der Waals surface area contributed by atoms with Crippen LogP contribution in [0.5, 0.6) is 5.75 Å². The average molecular weight is 369 g/mol. The van der Waals surface area contributed by atoms with Crippen LogP contribution in [0.1, 0.15) is 32.8 Å². The van der Waals surface area contributed by atoms with Crippen LogP contribution >= 0.6 is 24.0 Å². The summed E-state index contributed by atoms with van der Waals surface area (Å²) in [6, 6.07) is 7.19. The molecule has 1 rings (SSSR count). The average Bonchev–Trinajstić information content (AvgIpc) is 2.56. The van der Waals surface area contributed by atoms with Crippen LogP contribution in [0.3, 0.4) is 0 Å². The maximum Gasteiger partial charge on any atom is 0.419 e. The second-order valence-electron chi connectivity index (χ2n) is 4.97. The standard InChI is InChI=1S/C17H24N2O3S2/c1-4-13-7-9-14(10-8-13)22-16(21)18-15(20)11-12-24-17(23)19(5-2)6-3/h7-10H,4-6,11-12H2,1-3H3,(H,18,20,21). The van der Waals surface area contributed by atoms with Crippen molar-refractivity contribution >= 4 is 40.3 Å². The first kappa shape index (κ1) is 20.4. The van der Waals surface area contributed by atoms with Crippen LogP contribution in [-0.2, 0) is 11.2 Å². The highest BCUT2D eigenvalue weighted by atomic mass is 32.2. The van der Waals surface area contributed by atoms with Gasteiger partial charge in [0, 0.05) is 25.3 Å². The number of nitrogens with one attached hydrogen (secondary N) is 1. The molecule has 0 unspecified atom stereocenters. The summed E-state index contributed by atoms with van der Waals surface area (Å²) in [7, 11) is 0. The lowest BCUT2D eigenvalue weighted by Crippen LogP contribution is -2.33. The molecule has 1 aromatic carbocycles. The summed E-state index contributed by atoms with van der Waals surface area (Å²) >= 11 is 6.73. The number of benzene rings is 1. The highest BCUT2D eigenvalue weighted by Gasteiger charge is 2.11. The molecule has 2 amide bonds. The van der Waals surface area contributed by atoms with Crippen molar-refractivity contribution < 1.29 is 14.3 Å². The molecule has 0 saturated heterocycles. The normalized spacial score (nSPS) is 10.1. The Bertz CT molecular complexity index is 557. The number of nitrogens with zero attached hydrogens (tertiary/aromatic N) is 1. The fourth-order valence-corrected chi connectivity index (χ4v) is 3.32. The van der Waals surface area contributed by atoms with E-state index in [1.54, 1.807) is 12.1 Å². The molecule has 7 heteroatoms. The zero-order valence-corrected chi connectivity index (χ0v) is 16.0. The third-order valence-electron chi connectivity index (χ3n) is 3.36. The van der Waals surface area contributed by atoms with Crippen molar-refractivity contribution in [2.75, 3.05) is 18.8 Å². The topological polar surface area (TPSA) is 58.6 Å². The Balaban J connectivity index is 2.31. The maximum absolute atomic E-state index is 11.8. The summed E-state index contributed by atoms with van der Waals surface area (Å²) in [5, 5.41) is 2.22. The maximum atomic E-state index is 11.8. The fourth-order valence-electron chi connectivity index (χ4n) is 1.91. The number of imide groups is 1. The molecule has 0 heterocycles. The van der Waals surface area contributed by atoms with Crippen molar-refractivity contribution in [3.63, 3.8) is 0 Å². The minimum Gasteiger partial charge on any atom is -0.410 e. The Morgan fingerprint density at radius 1 is 1.17 bits per heavy atom. The molecule has 24 heavy (non-hydrogen) atoms. The van der Waals surface area contributed by atoms with E-state index in [0.29, 0.717) is 11.5 Å². The van der Waals surface area contributed by atoms with Gasteiger partial charge in [-0.15, -0.1) is 0 Å². The third-order valence-corrected chi connectivity index (χ3v) is 4.89. The minimum absolute atomic E-state index is 0.204. The second kappa shape index (κ2) is 11.0. The number of thioether (sulfide) groups is 1. The molecule has 0 radical (unpaired) electrons. The summed E-state index contributed by atoms with van der Waals surface area (Å²) in [4.78, 5) is 25.5. The molecule has 0 aliphatic carbocycles. The molecule has 1 N–H and O–H groups in total. The van der Waals surface area contributed by atoms with Crippen molar-refractivity contribution in [1.29, 1.82) is 0 Å². The van der Waals surface area contributed by atoms with E-state index < -0.39 is 6.09 Å². The molecule has 0 bridgehead atoms. The Morgan fingerprint density at radius 2 is 1.79 bits per heavy atom. The number of amides is 2. The first-order valence-corrected chi connectivity index (χ1v) is 9.41. The van der Waals surface area contributed by atoms with Gasteiger partial charge in [-0.2, -0.15) is 0 Å². The molecule has 0 atom stereocenters. The van der Waals surface area contributed by atoms with Crippen LogP contribution < -0.4 is 10.1 Å². The minimum atomic E-state index is -0.763. The third kappa shape index (κ3) is 7.31. The van der Waals surface area contributed by atoms with Crippen molar-refractivity contribution in [3.8, 4) is 5.75 Å². The summed E-state index contributed by atoms with van der Waals surface area (Å²) in [5.41, 5.74) is 1.15. The SMILES string of the molecule is CCc1ccc(OC(=O)NC(=O)CCSC(=S)N(CC)CC)cc1. The van der Waals surface area contributed by atoms with Crippen molar-refractivity contribution in [3.05, 3.63) is 29.8 Å². The highest BCUT2D eigenvalue weighted by Crippen LogP contribution is 2.13. The van der Waals surface area contributed by atoms with Gasteiger partial charge in [-0.1, -0.05) is 43.0 Å². The molecular weight excluding hydrogens is 344 g/mol. The van der Waals surface area contributed by atoms with Gasteiger partial charge >= 0.3 is 6.09 Å². The largest absolute Gasteiger partial charge is 0.419 e. The summed E-state index contributed by atoms with van der Waals surface area (Å²) < 4.78 is 5.84. The van der Waals surface area contributed by atoms with Gasteiger partial charge < -0.3 is 9.64 Å². The molecule has 132 valence electrons. The number of ether oxygens (including phenoxy) is 1. The number of thiocarbonyl (C=S) groups is 1. The van der Waals surface area contributed by atoms with Gasteiger partial charge in [0.15, 0.2) is 0 Å². The van der Waals surface area contributed by atoms with Crippen LogP contribution in [0.4, 0.5) is 4.79 Å². The van der Waals surface area contributed by atoms with E-state index in [-0.39, 0.29) is 12.3 Å². The molecule has 0 aliphatic rings. The molecule has 0 fully saturated rings. The lowest BCUT2D eigenvalue weighted by Gasteiger charge is -2.20. The monoisotopic (exact) mass is 368 g/mol. The van der Waals surface area contributed by atoms with Gasteiger partial charge in [-0.25, -0.2) is 4.79 Å². The van der Waals surface area contributed by atoms with Gasteiger partial charge in [-0.3, -0.25) is 10.1 Å². The Hall–Kier alpha value is -1.60. The van der Waals surface area contributed by atoms with Crippen LogP contribution in [0.2, 0.25) is 0 Å². The van der Waals surface area contributed by atoms with E-state index >= 15 is 0 Å². The van der Waals surface area contributed by atoms with Gasteiger partial charge in [0.25, 0.3) is 0 Å². The number of rotatable bonds is 7. The highest BCUT2D eigenvalue weighted by molar-refractivity contribution is 8.22. The molecule has 0 aliphatic heterocycles. The number of hydrogen-bond donors (Lipinski definition) is 1. The van der Waals surface area contributed by atoms with Crippen molar-refractivity contribution in [2.24, 2.45) is 0 Å². The smallest absolute Gasteiger partial charge is 0.410 e. The zero-order valence-electron chi connectivity index (χ0n) is 14.3. The Kier molecular flexibility index (Phi) is 9.41. The molecule has 5 nitrogen and oxygen atoms in total. The van der Waals surface area contributed by atoms with Crippen LogP contribution in [0, 0.1) is 0 Å². The second-order valence-corrected chi connectivity index (χ2v) is 6.70. The molecular formula is C17H24N2O3S2. The molecule has 1 aromatic rings. The predicted octanol–water partition coefficient (Wildman–Crippen LogP) is 3.61. The van der Waals surface area contributed by atoms with Gasteiger partial charge in [0.2, 0.25) is 5.91 Å². The predicted molar refractivity (Wildman–Crippen MR) is 103 cm³/mol. The number of carbonyl (C=O) groups is 2. The Labute approximate surface area is 153 Å². The van der Waals surface area contributed by atoms with Crippen molar-refractivity contribution in [2.45, 2.75) is 33.6 Å². The summed E-state index contributed by atoms with van der Waals surface area (Å²) in [5.74, 6) is 0.564. The lowest BCUT2D eigenvalue weighted by atomic mass is 10.2. The van der Waals surface area contributed by atoms with E-state index in [1.165, 1.54) is 11.8 Å². The van der Waals surface area contributed by atoms with Gasteiger partial charge in [0.1, 0.15) is 10.1 Å². The van der Waals surface area contributed by atoms with Crippen LogP contribution in [-0.4, -0.2) is 40.1 Å². The first-order valence-electron chi connectivity index (χ1n) is 8.02. The van der Waals surface area contributed by atoms with Crippen LogP contribution in [0.15, 0.2) is 24.3 Å². The molecule has 0 spiro atoms. The number of hydrogen-bond acceptors (Lipinski definition) is 5. The first-order chi connectivity index (χ1) is 11.5. The fraction of sp³-hybridized carbons (Fsp3) is 0.471. The van der Waals surface area contributed by atoms with Gasteiger partial charge in [-0.05, 0) is 38.0 Å². The summed E-state index contributed by atoms with van der Waals surface area (Å²) in [6.45, 7) is 7.80. The van der Waals surface area contributed by atoms with Crippen LogP contribution in [0.25, 0.3) is 0 Å². The lowest BCUT2D eigenvalue weighted by molar-refractivity contribution is -0.119. The van der Waals surface area contributed by atoms with E-state index in [9.17, 15) is 9.59 Å². The number of aryl methyl sites for hydroxylation is 1. The zero-order chi connectivity index (χ0) is 17.9. The Morgan fingerprint density at radius 3 is 2.33 bits per heavy atom. The summed E-state index contributed by atoms with van der Waals surface area (Å²) in [6.07, 6.45) is 0.356. The van der Waals surface area contributed by atoms with E-state index in [0.717, 1.165) is 29.4 Å². The van der Waals surface area contributed by atoms with Gasteiger partial charge in [0.05, 0.1) is 0 Å². The van der Waals surface area contributed by atoms with Crippen molar-refractivity contribution in [1.82, 2.24) is 10.2 Å². The van der Waals surface area contributed by atoms with E-state index in [2.05, 4.69) is 5.32 Å². The quantitative estimate of drug-likeness (QED) is 0.742.